The van der Waals surface area contributed by atoms with E-state index in [9.17, 15) is 4.79 Å². The minimum absolute atomic E-state index is 0.0804. The topological polar surface area (TPSA) is 57.5 Å². The molecule has 0 unspecified atom stereocenters. The van der Waals surface area contributed by atoms with Gasteiger partial charge in [0.05, 0.1) is 0 Å². The van der Waals surface area contributed by atoms with Crippen LogP contribution in [0.3, 0.4) is 0 Å². The van der Waals surface area contributed by atoms with Crippen LogP contribution in [0.4, 0.5) is 0 Å². The normalized spacial score (nSPS) is 30.9. The fraction of sp³-hybridized carbons (Fsp3) is 0.591. The average molecular weight is 367 g/mol. The molecule has 5 rings (SSSR count). The van der Waals surface area contributed by atoms with Crippen LogP contribution in [0, 0.1) is 18.8 Å². The van der Waals surface area contributed by atoms with E-state index in [0.29, 0.717) is 30.3 Å². The van der Waals surface area contributed by atoms with Gasteiger partial charge >= 0.3 is 0 Å². The molecular weight excluding hydrogens is 338 g/mol. The summed E-state index contributed by atoms with van der Waals surface area (Å²) in [6, 6.07) is 8.99. The van der Waals surface area contributed by atoms with E-state index in [4.69, 9.17) is 4.42 Å². The van der Waals surface area contributed by atoms with Crippen molar-refractivity contribution in [1.82, 2.24) is 15.5 Å². The molecule has 1 amide bonds. The number of furan rings is 1. The lowest BCUT2D eigenvalue weighted by Crippen LogP contribution is -2.65. The van der Waals surface area contributed by atoms with E-state index >= 15 is 0 Å². The van der Waals surface area contributed by atoms with Crippen molar-refractivity contribution in [1.29, 1.82) is 0 Å². The van der Waals surface area contributed by atoms with E-state index in [0.717, 1.165) is 35.5 Å². The lowest BCUT2D eigenvalue weighted by molar-refractivity contribution is -0.0372. The van der Waals surface area contributed by atoms with Crippen molar-refractivity contribution in [3.05, 3.63) is 35.6 Å². The maximum Gasteiger partial charge on any atom is 0.287 e. The first kappa shape index (κ1) is 17.3. The molecule has 2 N–H and O–H groups in total. The van der Waals surface area contributed by atoms with Crippen molar-refractivity contribution in [3.63, 3.8) is 0 Å². The van der Waals surface area contributed by atoms with Crippen molar-refractivity contribution in [2.75, 3.05) is 26.2 Å². The number of nitrogens with zero attached hydrogens (tertiary/aromatic N) is 1. The molecule has 0 saturated carbocycles. The number of carbonyl (C=O) groups excluding carboxylic acids is 1. The Kier molecular flexibility index (Phi) is 4.44. The molecule has 0 spiro atoms. The Balaban J connectivity index is 1.33. The number of carbonyl (C=O) groups is 1. The standard InChI is InChI=1S/C22H29N3O2/c1-14-17-6-2-3-8-20(17)27-21(14)22(26)24-13-19-16-10-15(11-23-12-16)18-7-4-5-9-25(18)19/h2-3,6,8,15-16,18-19,23H,4-5,7,9-13H2,1H3,(H,24,26)/t15-,16+,18+,19+/m1/s1. The van der Waals surface area contributed by atoms with Crippen molar-refractivity contribution >= 4 is 16.9 Å². The SMILES string of the molecule is Cc1c(C(=O)NC[C@H]2[C@@H]3CNC[C@@H](C3)[C@@H]3CCCCN32)oc2ccccc12. The number of benzene rings is 1. The summed E-state index contributed by atoms with van der Waals surface area (Å²) in [5, 5.41) is 7.87. The number of piperidine rings is 3. The lowest BCUT2D eigenvalue weighted by atomic mass is 9.73. The van der Waals surface area contributed by atoms with Crippen LogP contribution in [0.5, 0.6) is 0 Å². The van der Waals surface area contributed by atoms with E-state index < -0.39 is 0 Å². The summed E-state index contributed by atoms with van der Waals surface area (Å²) >= 11 is 0. The molecule has 144 valence electrons. The minimum Gasteiger partial charge on any atom is -0.451 e. The predicted octanol–water partition coefficient (Wildman–Crippen LogP) is 2.93. The smallest absolute Gasteiger partial charge is 0.287 e. The number of aryl methyl sites for hydroxylation is 1. The van der Waals surface area contributed by atoms with Gasteiger partial charge in [0, 0.05) is 29.6 Å². The molecule has 0 radical (unpaired) electrons. The molecular formula is C22H29N3O2. The van der Waals surface area contributed by atoms with Crippen LogP contribution in [0.15, 0.2) is 28.7 Å². The van der Waals surface area contributed by atoms with Crippen molar-refractivity contribution < 1.29 is 9.21 Å². The fourth-order valence-electron chi connectivity index (χ4n) is 5.72. The second-order valence-electron chi connectivity index (χ2n) is 8.54. The zero-order valence-electron chi connectivity index (χ0n) is 16.0. The van der Waals surface area contributed by atoms with Gasteiger partial charge < -0.3 is 15.1 Å². The average Bonchev–Trinajstić information content (AvgIpc) is 3.05. The monoisotopic (exact) mass is 367 g/mol. The Bertz CT molecular complexity index is 845. The van der Waals surface area contributed by atoms with Gasteiger partial charge in [-0.1, -0.05) is 24.6 Å². The highest BCUT2D eigenvalue weighted by Crippen LogP contribution is 2.38. The molecule has 5 nitrogen and oxygen atoms in total. The van der Waals surface area contributed by atoms with Crippen LogP contribution < -0.4 is 10.6 Å². The first-order valence-electron chi connectivity index (χ1n) is 10.4. The van der Waals surface area contributed by atoms with Gasteiger partial charge in [0.1, 0.15) is 5.58 Å². The Morgan fingerprint density at radius 1 is 1.26 bits per heavy atom. The Morgan fingerprint density at radius 3 is 3.00 bits per heavy atom. The number of para-hydroxylation sites is 1. The number of fused-ring (bicyclic) bond motifs is 5. The molecule has 2 bridgehead atoms. The zero-order chi connectivity index (χ0) is 18.4. The molecule has 3 aliphatic rings. The van der Waals surface area contributed by atoms with E-state index in [2.05, 4.69) is 15.5 Å². The summed E-state index contributed by atoms with van der Waals surface area (Å²) in [6.07, 6.45) is 5.25. The molecule has 1 aromatic heterocycles. The Morgan fingerprint density at radius 2 is 2.11 bits per heavy atom. The van der Waals surface area contributed by atoms with Gasteiger partial charge in [-0.2, -0.15) is 0 Å². The largest absolute Gasteiger partial charge is 0.451 e. The Labute approximate surface area is 160 Å². The summed E-state index contributed by atoms with van der Waals surface area (Å²) in [6.45, 7) is 6.10. The van der Waals surface area contributed by atoms with Crippen molar-refractivity contribution in [2.45, 2.75) is 44.7 Å². The maximum absolute atomic E-state index is 12.9. The second-order valence-corrected chi connectivity index (χ2v) is 8.54. The van der Waals surface area contributed by atoms with Crippen LogP contribution in [-0.4, -0.2) is 49.1 Å². The van der Waals surface area contributed by atoms with Gasteiger partial charge in [0.2, 0.25) is 0 Å². The second kappa shape index (κ2) is 6.95. The fourth-order valence-corrected chi connectivity index (χ4v) is 5.72. The minimum atomic E-state index is -0.0804. The zero-order valence-corrected chi connectivity index (χ0v) is 16.0. The third-order valence-corrected chi connectivity index (χ3v) is 7.05. The van der Waals surface area contributed by atoms with Gasteiger partial charge in [0.25, 0.3) is 5.91 Å². The van der Waals surface area contributed by atoms with Crippen LogP contribution >= 0.6 is 0 Å². The van der Waals surface area contributed by atoms with Crippen molar-refractivity contribution in [2.24, 2.45) is 11.8 Å². The number of rotatable bonds is 3. The molecule has 2 aromatic rings. The first-order valence-corrected chi connectivity index (χ1v) is 10.4. The van der Waals surface area contributed by atoms with Crippen LogP contribution in [0.2, 0.25) is 0 Å². The van der Waals surface area contributed by atoms with E-state index in [-0.39, 0.29) is 5.91 Å². The van der Waals surface area contributed by atoms with Crippen molar-refractivity contribution in [3.8, 4) is 0 Å². The van der Waals surface area contributed by atoms with Crippen LogP contribution in [-0.2, 0) is 0 Å². The number of nitrogens with one attached hydrogen (secondary N) is 2. The summed E-state index contributed by atoms with van der Waals surface area (Å²) in [7, 11) is 0. The van der Waals surface area contributed by atoms with E-state index in [1.165, 1.54) is 32.2 Å². The van der Waals surface area contributed by atoms with E-state index in [1.807, 2.05) is 31.2 Å². The summed E-state index contributed by atoms with van der Waals surface area (Å²) < 4.78 is 5.85. The molecule has 3 aliphatic heterocycles. The number of hydrogen-bond acceptors (Lipinski definition) is 4. The summed E-state index contributed by atoms with van der Waals surface area (Å²) in [5.74, 6) is 1.80. The quantitative estimate of drug-likeness (QED) is 0.876. The predicted molar refractivity (Wildman–Crippen MR) is 106 cm³/mol. The van der Waals surface area contributed by atoms with Crippen LogP contribution in [0.25, 0.3) is 11.0 Å². The third-order valence-electron chi connectivity index (χ3n) is 7.05. The summed E-state index contributed by atoms with van der Waals surface area (Å²) in [5.41, 5.74) is 1.72. The highest BCUT2D eigenvalue weighted by molar-refractivity contribution is 5.98. The summed E-state index contributed by atoms with van der Waals surface area (Å²) in [4.78, 5) is 15.6. The van der Waals surface area contributed by atoms with Gasteiger partial charge in [0.15, 0.2) is 5.76 Å². The van der Waals surface area contributed by atoms with Crippen LogP contribution in [0.1, 0.15) is 41.8 Å². The highest BCUT2D eigenvalue weighted by atomic mass is 16.3. The number of amides is 1. The molecule has 1 aromatic carbocycles. The first-order chi connectivity index (χ1) is 13.2. The van der Waals surface area contributed by atoms with Gasteiger partial charge in [-0.05, 0) is 63.7 Å². The Hall–Kier alpha value is -1.85. The van der Waals surface area contributed by atoms with Gasteiger partial charge in [-0.3, -0.25) is 9.69 Å². The highest BCUT2D eigenvalue weighted by Gasteiger charge is 2.45. The van der Waals surface area contributed by atoms with Gasteiger partial charge in [-0.25, -0.2) is 0 Å². The third kappa shape index (κ3) is 2.97. The lowest BCUT2D eigenvalue weighted by Gasteiger charge is -2.55. The molecule has 4 heterocycles. The molecule has 5 heteroatoms. The molecule has 3 fully saturated rings. The maximum atomic E-state index is 12.9. The number of hydrogen-bond donors (Lipinski definition) is 2. The molecule has 3 saturated heterocycles. The van der Waals surface area contributed by atoms with Gasteiger partial charge in [-0.15, -0.1) is 0 Å². The molecule has 27 heavy (non-hydrogen) atoms. The molecule has 0 aliphatic carbocycles. The van der Waals surface area contributed by atoms with E-state index in [1.54, 1.807) is 0 Å². The molecule has 4 atom stereocenters.